The minimum absolute atomic E-state index is 0.245. The highest BCUT2D eigenvalue weighted by molar-refractivity contribution is 7.93. The van der Waals surface area contributed by atoms with Crippen LogP contribution in [0.2, 0.25) is 0 Å². The average Bonchev–Trinajstić information content (AvgIpc) is 2.70. The average molecular weight is 303 g/mol. The molecule has 0 N–H and O–H groups in total. The molecule has 0 aromatic heterocycles. The van der Waals surface area contributed by atoms with Crippen molar-refractivity contribution in [2.45, 2.75) is 38.8 Å². The SMILES string of the molecule is CSOCC1(CC2CCN(C)C2COC(C)C)COC1. The maximum Gasteiger partial charge on any atom is 0.0714 e. The van der Waals surface area contributed by atoms with Crippen molar-refractivity contribution in [3.05, 3.63) is 0 Å². The molecule has 2 fully saturated rings. The molecule has 2 heterocycles. The van der Waals surface area contributed by atoms with E-state index in [-0.39, 0.29) is 5.41 Å². The maximum absolute atomic E-state index is 5.87. The highest BCUT2D eigenvalue weighted by Crippen LogP contribution is 2.40. The van der Waals surface area contributed by atoms with E-state index in [9.17, 15) is 0 Å². The van der Waals surface area contributed by atoms with Crippen molar-refractivity contribution in [1.82, 2.24) is 4.90 Å². The quantitative estimate of drug-likeness (QED) is 0.643. The zero-order chi connectivity index (χ0) is 14.6. The standard InChI is InChI=1S/C15H29NO3S/c1-12(2)18-8-14-13(5-6-16(14)3)7-15(9-17-10-15)11-19-20-4/h12-14H,5-11H2,1-4H3. The zero-order valence-corrected chi connectivity index (χ0v) is 14.1. The van der Waals surface area contributed by atoms with Crippen molar-refractivity contribution in [3.63, 3.8) is 0 Å². The van der Waals surface area contributed by atoms with Gasteiger partial charge in [-0.2, -0.15) is 0 Å². The highest BCUT2D eigenvalue weighted by atomic mass is 32.2. The fourth-order valence-electron chi connectivity index (χ4n) is 3.27. The van der Waals surface area contributed by atoms with Crippen molar-refractivity contribution >= 4 is 12.0 Å². The first-order valence-electron chi connectivity index (χ1n) is 7.61. The smallest absolute Gasteiger partial charge is 0.0714 e. The second-order valence-electron chi connectivity index (χ2n) is 6.60. The molecule has 2 atom stereocenters. The summed E-state index contributed by atoms with van der Waals surface area (Å²) in [4.78, 5) is 2.45. The molecule has 0 radical (unpaired) electrons. The number of hydrogen-bond donors (Lipinski definition) is 0. The van der Waals surface area contributed by atoms with Gasteiger partial charge in [0.05, 0.1) is 32.5 Å². The van der Waals surface area contributed by atoms with E-state index in [1.165, 1.54) is 31.4 Å². The zero-order valence-electron chi connectivity index (χ0n) is 13.3. The Morgan fingerprint density at radius 1 is 1.40 bits per heavy atom. The van der Waals surface area contributed by atoms with Gasteiger partial charge in [-0.1, -0.05) is 0 Å². The summed E-state index contributed by atoms with van der Waals surface area (Å²) in [6.07, 6.45) is 4.76. The van der Waals surface area contributed by atoms with Gasteiger partial charge < -0.3 is 18.6 Å². The van der Waals surface area contributed by atoms with E-state index in [0.29, 0.717) is 18.1 Å². The first-order valence-corrected chi connectivity index (χ1v) is 8.76. The molecule has 0 bridgehead atoms. The minimum atomic E-state index is 0.245. The maximum atomic E-state index is 5.87. The summed E-state index contributed by atoms with van der Waals surface area (Å²) in [5.74, 6) is 0.702. The van der Waals surface area contributed by atoms with Crippen LogP contribution in [0.1, 0.15) is 26.7 Å². The molecule has 2 aliphatic heterocycles. The molecule has 0 saturated carbocycles. The molecule has 2 aliphatic rings. The Morgan fingerprint density at radius 3 is 2.70 bits per heavy atom. The van der Waals surface area contributed by atoms with E-state index in [1.54, 1.807) is 0 Å². The van der Waals surface area contributed by atoms with Gasteiger partial charge in [0.25, 0.3) is 0 Å². The van der Waals surface area contributed by atoms with Crippen LogP contribution in [0.3, 0.4) is 0 Å². The van der Waals surface area contributed by atoms with Gasteiger partial charge in [-0.25, -0.2) is 0 Å². The Kier molecular flexibility index (Phi) is 6.17. The molecule has 0 aliphatic carbocycles. The number of hydrogen-bond acceptors (Lipinski definition) is 5. The van der Waals surface area contributed by atoms with Gasteiger partial charge in [0.2, 0.25) is 0 Å². The predicted molar refractivity (Wildman–Crippen MR) is 82.9 cm³/mol. The van der Waals surface area contributed by atoms with Gasteiger partial charge >= 0.3 is 0 Å². The topological polar surface area (TPSA) is 30.9 Å². The number of likely N-dealkylation sites (N-methyl/N-ethyl adjacent to an activating group) is 1. The Balaban J connectivity index is 1.89. The van der Waals surface area contributed by atoms with Crippen LogP contribution in [-0.4, -0.2) is 63.3 Å². The fourth-order valence-corrected chi connectivity index (χ4v) is 3.64. The van der Waals surface area contributed by atoms with Crippen molar-refractivity contribution < 1.29 is 13.7 Å². The molecule has 5 heteroatoms. The van der Waals surface area contributed by atoms with E-state index < -0.39 is 0 Å². The van der Waals surface area contributed by atoms with Crippen LogP contribution in [0, 0.1) is 11.3 Å². The first kappa shape index (κ1) is 16.6. The molecule has 2 rings (SSSR count). The third kappa shape index (κ3) is 4.10. The van der Waals surface area contributed by atoms with Gasteiger partial charge in [-0.3, -0.25) is 0 Å². The van der Waals surface area contributed by atoms with E-state index in [2.05, 4.69) is 25.8 Å². The molecule has 20 heavy (non-hydrogen) atoms. The van der Waals surface area contributed by atoms with Crippen LogP contribution in [-0.2, 0) is 13.7 Å². The van der Waals surface area contributed by atoms with Gasteiger partial charge in [0.15, 0.2) is 0 Å². The van der Waals surface area contributed by atoms with Crippen molar-refractivity contribution in [2.75, 3.05) is 46.3 Å². The molecular formula is C15H29NO3S. The fraction of sp³-hybridized carbons (Fsp3) is 1.00. The van der Waals surface area contributed by atoms with Crippen LogP contribution >= 0.6 is 12.0 Å². The molecule has 0 amide bonds. The normalized spacial score (nSPS) is 29.9. The van der Waals surface area contributed by atoms with Crippen molar-refractivity contribution in [2.24, 2.45) is 11.3 Å². The summed E-state index contributed by atoms with van der Waals surface area (Å²) >= 11 is 1.46. The summed E-state index contributed by atoms with van der Waals surface area (Å²) in [5, 5.41) is 0. The van der Waals surface area contributed by atoms with Crippen molar-refractivity contribution in [3.8, 4) is 0 Å². The third-order valence-electron chi connectivity index (χ3n) is 4.56. The second kappa shape index (κ2) is 7.45. The molecule has 0 spiro atoms. The monoisotopic (exact) mass is 303 g/mol. The van der Waals surface area contributed by atoms with E-state index in [1.807, 2.05) is 6.26 Å². The van der Waals surface area contributed by atoms with E-state index in [4.69, 9.17) is 13.7 Å². The molecule has 118 valence electrons. The van der Waals surface area contributed by atoms with Crippen LogP contribution in [0.15, 0.2) is 0 Å². The minimum Gasteiger partial charge on any atom is -0.380 e. The lowest BCUT2D eigenvalue weighted by molar-refractivity contribution is -0.143. The van der Waals surface area contributed by atoms with Gasteiger partial charge in [0, 0.05) is 17.7 Å². The first-order chi connectivity index (χ1) is 9.56. The summed E-state index contributed by atoms with van der Waals surface area (Å²) in [5.41, 5.74) is 0.245. The number of nitrogens with zero attached hydrogens (tertiary/aromatic N) is 1. The molecule has 0 aromatic carbocycles. The van der Waals surface area contributed by atoms with Gasteiger partial charge in [-0.15, -0.1) is 0 Å². The molecule has 2 saturated heterocycles. The van der Waals surface area contributed by atoms with Crippen LogP contribution in [0.5, 0.6) is 0 Å². The van der Waals surface area contributed by atoms with Gasteiger partial charge in [0.1, 0.15) is 0 Å². The Labute approximate surface area is 127 Å². The number of ether oxygens (including phenoxy) is 2. The predicted octanol–water partition coefficient (Wildman–Crippen LogP) is 2.43. The molecule has 0 aromatic rings. The van der Waals surface area contributed by atoms with E-state index >= 15 is 0 Å². The highest BCUT2D eigenvalue weighted by Gasteiger charge is 2.44. The van der Waals surface area contributed by atoms with Crippen LogP contribution in [0.4, 0.5) is 0 Å². The molecular weight excluding hydrogens is 274 g/mol. The summed E-state index contributed by atoms with van der Waals surface area (Å²) < 4.78 is 16.9. The summed E-state index contributed by atoms with van der Waals surface area (Å²) in [7, 11) is 2.22. The van der Waals surface area contributed by atoms with Crippen LogP contribution < -0.4 is 0 Å². The molecule has 2 unspecified atom stereocenters. The lowest BCUT2D eigenvalue weighted by Crippen LogP contribution is -2.49. The lowest BCUT2D eigenvalue weighted by atomic mass is 9.76. The number of likely N-dealkylation sites (tertiary alicyclic amines) is 1. The lowest BCUT2D eigenvalue weighted by Gasteiger charge is -2.43. The Bertz CT molecular complexity index is 297. The summed E-state index contributed by atoms with van der Waals surface area (Å²) in [6.45, 7) is 8.76. The van der Waals surface area contributed by atoms with Gasteiger partial charge in [-0.05, 0) is 58.2 Å². The largest absolute Gasteiger partial charge is 0.380 e. The molecule has 4 nitrogen and oxygen atoms in total. The van der Waals surface area contributed by atoms with E-state index in [0.717, 1.165) is 26.4 Å². The number of rotatable bonds is 8. The third-order valence-corrected chi connectivity index (χ3v) is 4.91. The second-order valence-corrected chi connectivity index (χ2v) is 7.17. The summed E-state index contributed by atoms with van der Waals surface area (Å²) in [6, 6.07) is 0.546. The Morgan fingerprint density at radius 2 is 2.15 bits per heavy atom. The Hall–Kier alpha value is 0.190. The van der Waals surface area contributed by atoms with Crippen molar-refractivity contribution in [1.29, 1.82) is 0 Å². The van der Waals surface area contributed by atoms with Crippen LogP contribution in [0.25, 0.3) is 0 Å².